The first-order chi connectivity index (χ1) is 12.8. The number of aromatic nitrogens is 4. The van der Waals surface area contributed by atoms with E-state index in [1.54, 1.807) is 11.6 Å². The Labute approximate surface area is 159 Å². The molecule has 27 heavy (non-hydrogen) atoms. The smallest absolute Gasteiger partial charge is 0.237 e. The zero-order valence-corrected chi connectivity index (χ0v) is 15.7. The highest BCUT2D eigenvalue weighted by molar-refractivity contribution is 8.00. The summed E-state index contributed by atoms with van der Waals surface area (Å²) in [7, 11) is 0. The van der Waals surface area contributed by atoms with Gasteiger partial charge in [0.2, 0.25) is 11.1 Å². The summed E-state index contributed by atoms with van der Waals surface area (Å²) in [4.78, 5) is 12.4. The molecule has 6 nitrogen and oxygen atoms in total. The molecule has 140 valence electrons. The van der Waals surface area contributed by atoms with Gasteiger partial charge in [0, 0.05) is 6.07 Å². The van der Waals surface area contributed by atoms with E-state index in [2.05, 4.69) is 20.8 Å². The number of carbonyl (C=O) groups is 1. The number of nitrogens with one attached hydrogen (secondary N) is 1. The molecule has 1 atom stereocenters. The number of thioether (sulfide) groups is 1. The maximum atomic E-state index is 13.7. The molecule has 0 unspecified atom stereocenters. The summed E-state index contributed by atoms with van der Waals surface area (Å²) in [6.07, 6.45) is 0. The Morgan fingerprint density at radius 2 is 1.96 bits per heavy atom. The Bertz CT molecular complexity index is 992. The Kier molecular flexibility index (Phi) is 5.50. The predicted octanol–water partition coefficient (Wildman–Crippen LogP) is 3.68. The minimum absolute atomic E-state index is 0.207. The Hall–Kier alpha value is -2.81. The topological polar surface area (TPSA) is 72.7 Å². The van der Waals surface area contributed by atoms with Gasteiger partial charge >= 0.3 is 0 Å². The second-order valence-corrected chi connectivity index (χ2v) is 7.34. The van der Waals surface area contributed by atoms with Crippen molar-refractivity contribution in [2.45, 2.75) is 31.2 Å². The molecule has 3 aromatic rings. The summed E-state index contributed by atoms with van der Waals surface area (Å²) in [5.41, 5.74) is 2.64. The molecule has 0 saturated carbocycles. The number of carbonyl (C=O) groups excluding carboxylic acids is 1. The van der Waals surface area contributed by atoms with Crippen molar-refractivity contribution in [3.8, 4) is 5.69 Å². The van der Waals surface area contributed by atoms with Crippen LogP contribution < -0.4 is 5.32 Å². The minimum Gasteiger partial charge on any atom is -0.323 e. The molecule has 1 aromatic heterocycles. The van der Waals surface area contributed by atoms with E-state index >= 15 is 0 Å². The van der Waals surface area contributed by atoms with Gasteiger partial charge < -0.3 is 5.32 Å². The summed E-state index contributed by atoms with van der Waals surface area (Å²) < 4.78 is 28.5. The lowest BCUT2D eigenvalue weighted by Gasteiger charge is -2.13. The molecule has 9 heteroatoms. The van der Waals surface area contributed by atoms with E-state index in [-0.39, 0.29) is 5.69 Å². The van der Waals surface area contributed by atoms with Crippen LogP contribution in [0, 0.1) is 25.5 Å². The van der Waals surface area contributed by atoms with E-state index in [0.29, 0.717) is 5.16 Å². The van der Waals surface area contributed by atoms with Crippen LogP contribution in [0.3, 0.4) is 0 Å². The molecule has 0 saturated heterocycles. The lowest BCUT2D eigenvalue weighted by atomic mass is 10.1. The molecular weight excluding hydrogens is 372 g/mol. The van der Waals surface area contributed by atoms with Crippen molar-refractivity contribution in [3.63, 3.8) is 0 Å². The lowest BCUT2D eigenvalue weighted by molar-refractivity contribution is -0.115. The van der Waals surface area contributed by atoms with E-state index in [4.69, 9.17) is 0 Å². The van der Waals surface area contributed by atoms with Crippen LogP contribution in [0.25, 0.3) is 5.69 Å². The largest absolute Gasteiger partial charge is 0.323 e. The van der Waals surface area contributed by atoms with Crippen molar-refractivity contribution < 1.29 is 13.6 Å². The van der Waals surface area contributed by atoms with Crippen LogP contribution in [-0.4, -0.2) is 31.4 Å². The van der Waals surface area contributed by atoms with E-state index < -0.39 is 22.8 Å². The van der Waals surface area contributed by atoms with Gasteiger partial charge in [-0.3, -0.25) is 4.79 Å². The van der Waals surface area contributed by atoms with Crippen LogP contribution in [0.5, 0.6) is 0 Å². The van der Waals surface area contributed by atoms with Gasteiger partial charge in [-0.1, -0.05) is 23.9 Å². The zero-order valence-electron chi connectivity index (χ0n) is 14.9. The van der Waals surface area contributed by atoms with Gasteiger partial charge in [-0.2, -0.15) is 4.68 Å². The van der Waals surface area contributed by atoms with Crippen LogP contribution in [0.1, 0.15) is 18.1 Å². The maximum absolute atomic E-state index is 13.7. The first-order valence-electron chi connectivity index (χ1n) is 8.13. The first kappa shape index (κ1) is 19.0. The zero-order chi connectivity index (χ0) is 19.6. The number of halogens is 2. The molecule has 0 radical (unpaired) electrons. The predicted molar refractivity (Wildman–Crippen MR) is 98.9 cm³/mol. The van der Waals surface area contributed by atoms with Crippen molar-refractivity contribution in [2.75, 3.05) is 5.32 Å². The quantitative estimate of drug-likeness (QED) is 0.674. The first-order valence-corrected chi connectivity index (χ1v) is 9.01. The third-order valence-corrected chi connectivity index (χ3v) is 4.90. The highest BCUT2D eigenvalue weighted by Gasteiger charge is 2.21. The molecule has 1 N–H and O–H groups in total. The number of hydrogen-bond acceptors (Lipinski definition) is 5. The van der Waals surface area contributed by atoms with Gasteiger partial charge in [0.25, 0.3) is 0 Å². The molecule has 1 heterocycles. The molecule has 0 fully saturated rings. The standard InChI is InChI=1S/C18H17F2N5OS/c1-10-4-5-11(2)16(8-10)25-18(22-23-24-25)27-12(3)17(26)21-15-9-13(19)6-7-14(15)20/h4-9,12H,1-3H3,(H,21,26)/t12-/m1/s1. The number of tetrazole rings is 1. The van der Waals surface area contributed by atoms with Crippen LogP contribution in [-0.2, 0) is 4.79 Å². The van der Waals surface area contributed by atoms with Gasteiger partial charge in [0.05, 0.1) is 16.6 Å². The third-order valence-electron chi connectivity index (χ3n) is 3.87. The summed E-state index contributed by atoms with van der Waals surface area (Å²) in [5.74, 6) is -1.83. The molecule has 0 bridgehead atoms. The van der Waals surface area contributed by atoms with Crippen molar-refractivity contribution in [1.29, 1.82) is 0 Å². The van der Waals surface area contributed by atoms with E-state index in [9.17, 15) is 13.6 Å². The van der Waals surface area contributed by atoms with Crippen LogP contribution in [0.2, 0.25) is 0 Å². The van der Waals surface area contributed by atoms with Crippen molar-refractivity contribution in [2.24, 2.45) is 0 Å². The van der Waals surface area contributed by atoms with E-state index in [0.717, 1.165) is 46.8 Å². The molecule has 0 spiro atoms. The van der Waals surface area contributed by atoms with Gasteiger partial charge in [0.1, 0.15) is 11.6 Å². The van der Waals surface area contributed by atoms with Crippen molar-refractivity contribution in [1.82, 2.24) is 20.2 Å². The molecular formula is C18H17F2N5OS. The minimum atomic E-state index is -0.706. The highest BCUT2D eigenvalue weighted by Crippen LogP contribution is 2.26. The molecule has 0 aliphatic heterocycles. The Morgan fingerprint density at radius 3 is 2.74 bits per heavy atom. The monoisotopic (exact) mass is 389 g/mol. The second-order valence-electron chi connectivity index (χ2n) is 6.04. The Morgan fingerprint density at radius 1 is 1.19 bits per heavy atom. The molecule has 0 aliphatic carbocycles. The maximum Gasteiger partial charge on any atom is 0.237 e. The van der Waals surface area contributed by atoms with Gasteiger partial charge in [-0.15, -0.1) is 5.10 Å². The number of hydrogen-bond donors (Lipinski definition) is 1. The van der Waals surface area contributed by atoms with Crippen LogP contribution in [0.15, 0.2) is 41.6 Å². The number of nitrogens with zero attached hydrogens (tertiary/aromatic N) is 4. The third kappa shape index (κ3) is 4.30. The molecule has 2 aromatic carbocycles. The van der Waals surface area contributed by atoms with Crippen LogP contribution >= 0.6 is 11.8 Å². The summed E-state index contributed by atoms with van der Waals surface area (Å²) in [6.45, 7) is 5.54. The lowest BCUT2D eigenvalue weighted by Crippen LogP contribution is -2.23. The summed E-state index contributed by atoms with van der Waals surface area (Å²) >= 11 is 1.12. The van der Waals surface area contributed by atoms with Crippen molar-refractivity contribution in [3.05, 3.63) is 59.2 Å². The SMILES string of the molecule is Cc1ccc(C)c(-n2nnnc2S[C@H](C)C(=O)Nc2cc(F)ccc2F)c1. The average molecular weight is 389 g/mol. The van der Waals surface area contributed by atoms with Gasteiger partial charge in [0.15, 0.2) is 0 Å². The average Bonchev–Trinajstić information content (AvgIpc) is 3.08. The van der Waals surface area contributed by atoms with Crippen molar-refractivity contribution >= 4 is 23.4 Å². The van der Waals surface area contributed by atoms with E-state index in [1.807, 2.05) is 32.0 Å². The fourth-order valence-electron chi connectivity index (χ4n) is 2.39. The van der Waals surface area contributed by atoms with Gasteiger partial charge in [-0.05, 0) is 60.5 Å². The fourth-order valence-corrected chi connectivity index (χ4v) is 3.19. The molecule has 3 rings (SSSR count). The number of anilines is 1. The van der Waals surface area contributed by atoms with Crippen LogP contribution in [0.4, 0.5) is 14.5 Å². The normalized spacial score (nSPS) is 12.0. The summed E-state index contributed by atoms with van der Waals surface area (Å²) in [5, 5.41) is 13.8. The molecule has 0 aliphatic rings. The van der Waals surface area contributed by atoms with Gasteiger partial charge in [-0.25, -0.2) is 8.78 Å². The number of amides is 1. The second kappa shape index (κ2) is 7.83. The van der Waals surface area contributed by atoms with E-state index in [1.165, 1.54) is 0 Å². The number of benzene rings is 2. The fraction of sp³-hybridized carbons (Fsp3) is 0.222. The highest BCUT2D eigenvalue weighted by atomic mass is 32.2. The summed E-state index contributed by atoms with van der Waals surface area (Å²) in [6, 6.07) is 8.78. The number of aryl methyl sites for hydroxylation is 2. The molecule has 1 amide bonds. The Balaban J connectivity index is 1.78. The number of rotatable bonds is 5.